The van der Waals surface area contributed by atoms with Gasteiger partial charge in [0.15, 0.2) is 11.9 Å². The molecule has 6 nitrogen and oxygen atoms in total. The van der Waals surface area contributed by atoms with E-state index in [4.69, 9.17) is 19.3 Å². The lowest BCUT2D eigenvalue weighted by molar-refractivity contribution is -0.288. The molecule has 0 unspecified atom stereocenters. The molecular weight excluding hydrogens is 426 g/mol. The first-order valence-electron chi connectivity index (χ1n) is 10.8. The van der Waals surface area contributed by atoms with Gasteiger partial charge in [-0.2, -0.15) is 0 Å². The van der Waals surface area contributed by atoms with Gasteiger partial charge in [-0.25, -0.2) is 0 Å². The van der Waals surface area contributed by atoms with Gasteiger partial charge in [-0.05, 0) is 56.7 Å². The highest BCUT2D eigenvalue weighted by molar-refractivity contribution is 7.98. The van der Waals surface area contributed by atoms with Crippen LogP contribution >= 0.6 is 11.8 Å². The zero-order valence-corrected chi connectivity index (χ0v) is 19.6. The van der Waals surface area contributed by atoms with Crippen molar-refractivity contribution in [1.82, 2.24) is 4.98 Å². The number of rotatable bonds is 10. The van der Waals surface area contributed by atoms with Gasteiger partial charge in [-0.3, -0.25) is 9.78 Å². The van der Waals surface area contributed by atoms with Crippen molar-refractivity contribution in [3.05, 3.63) is 66.5 Å². The Morgan fingerprint density at radius 3 is 2.81 bits per heavy atom. The van der Waals surface area contributed by atoms with Gasteiger partial charge < -0.3 is 19.3 Å². The first kappa shape index (κ1) is 24.3. The number of ether oxygens (including phenoxy) is 3. The molecule has 0 spiro atoms. The van der Waals surface area contributed by atoms with E-state index in [1.807, 2.05) is 74.9 Å². The van der Waals surface area contributed by atoms with Gasteiger partial charge >= 0.3 is 5.97 Å². The molecular formula is C25H31NO5S. The summed E-state index contributed by atoms with van der Waals surface area (Å²) in [5.41, 5.74) is 0.277. The molecule has 7 heteroatoms. The molecule has 1 N–H and O–H groups in total. The first-order valence-corrected chi connectivity index (χ1v) is 12.0. The molecule has 1 saturated heterocycles. The molecule has 2 aromatic rings. The number of carboxylic acid groups (broad SMARTS) is 1. The lowest BCUT2D eigenvalue weighted by atomic mass is 9.92. The van der Waals surface area contributed by atoms with E-state index < -0.39 is 17.9 Å². The third-order valence-electron chi connectivity index (χ3n) is 5.31. The number of thioether (sulfide) groups is 1. The fourth-order valence-electron chi connectivity index (χ4n) is 3.66. The van der Waals surface area contributed by atoms with E-state index in [1.54, 1.807) is 18.0 Å². The molecule has 1 fully saturated rings. The summed E-state index contributed by atoms with van der Waals surface area (Å²) in [5, 5.41) is 8.80. The van der Waals surface area contributed by atoms with Crippen LogP contribution in [0, 0.1) is 5.92 Å². The predicted molar refractivity (Wildman–Crippen MR) is 125 cm³/mol. The zero-order chi connectivity index (χ0) is 23.0. The molecule has 0 aliphatic carbocycles. The summed E-state index contributed by atoms with van der Waals surface area (Å²) >= 11 is 1.64. The molecule has 3 atom stereocenters. The summed E-state index contributed by atoms with van der Waals surface area (Å²) in [6, 6.07) is 11.9. The minimum absolute atomic E-state index is 0.0887. The number of nitrogens with zero attached hydrogens (tertiary/aromatic N) is 1. The summed E-state index contributed by atoms with van der Waals surface area (Å²) < 4.78 is 19.0. The van der Waals surface area contributed by atoms with Crippen molar-refractivity contribution >= 4 is 17.7 Å². The minimum Gasteiger partial charge on any atom is -0.481 e. The van der Waals surface area contributed by atoms with Crippen LogP contribution in [0.2, 0.25) is 0 Å². The van der Waals surface area contributed by atoms with Crippen LogP contribution in [0.4, 0.5) is 0 Å². The zero-order valence-electron chi connectivity index (χ0n) is 18.8. The molecule has 2 heterocycles. The lowest BCUT2D eigenvalue weighted by Crippen LogP contribution is -2.50. The van der Waals surface area contributed by atoms with E-state index in [0.717, 1.165) is 22.6 Å². The minimum atomic E-state index is -0.791. The SMILES string of the molecule is CSc1ccccc1OC(C)(C)[C@H]1OC[C@@H](C/C=C\CCC(=O)O)[C@@H](c2cccnc2)O1. The Balaban J connectivity index is 1.73. The molecule has 0 radical (unpaired) electrons. The smallest absolute Gasteiger partial charge is 0.303 e. The quantitative estimate of drug-likeness (QED) is 0.373. The first-order chi connectivity index (χ1) is 15.4. The van der Waals surface area contributed by atoms with E-state index in [1.165, 1.54) is 0 Å². The molecule has 1 aromatic heterocycles. The predicted octanol–water partition coefficient (Wildman–Crippen LogP) is 5.50. The third-order valence-corrected chi connectivity index (χ3v) is 6.09. The Bertz CT molecular complexity index is 902. The standard InChI is InChI=1S/C25H31NO5S/c1-25(2,31-20-12-7-8-13-21(20)32-3)24-29-17-19(10-5-4-6-14-22(27)28)23(30-24)18-11-9-15-26-16-18/h4-5,7-9,11-13,15-16,19,23-24H,6,10,14,17H2,1-3H3,(H,27,28)/b5-4-/t19-,23-,24+/m1/s1. The number of hydrogen-bond donors (Lipinski definition) is 1. The van der Waals surface area contributed by atoms with Crippen molar-refractivity contribution in [3.8, 4) is 5.75 Å². The highest BCUT2D eigenvalue weighted by atomic mass is 32.2. The summed E-state index contributed by atoms with van der Waals surface area (Å²) in [6.45, 7) is 4.45. The summed E-state index contributed by atoms with van der Waals surface area (Å²) in [5.74, 6) is 0.102. The van der Waals surface area contributed by atoms with E-state index in [-0.39, 0.29) is 18.4 Å². The fourth-order valence-corrected chi connectivity index (χ4v) is 4.19. The number of aromatic nitrogens is 1. The number of allylic oxidation sites excluding steroid dienone is 2. The van der Waals surface area contributed by atoms with E-state index >= 15 is 0 Å². The van der Waals surface area contributed by atoms with Crippen molar-refractivity contribution in [1.29, 1.82) is 0 Å². The largest absolute Gasteiger partial charge is 0.481 e. The molecule has 32 heavy (non-hydrogen) atoms. The number of carbonyl (C=O) groups is 1. The molecule has 1 aromatic carbocycles. The van der Waals surface area contributed by atoms with Crippen LogP contribution < -0.4 is 4.74 Å². The van der Waals surface area contributed by atoms with Gasteiger partial charge in [0.05, 0.1) is 12.7 Å². The molecule has 1 aliphatic heterocycles. The summed E-state index contributed by atoms with van der Waals surface area (Å²) in [7, 11) is 0. The number of hydrogen-bond acceptors (Lipinski definition) is 6. The molecule has 3 rings (SSSR count). The van der Waals surface area contributed by atoms with Gasteiger partial charge in [-0.15, -0.1) is 11.8 Å². The van der Waals surface area contributed by atoms with Crippen LogP contribution in [0.3, 0.4) is 0 Å². The number of carboxylic acids is 1. The fraction of sp³-hybridized carbons (Fsp3) is 0.440. The van der Waals surface area contributed by atoms with Gasteiger partial charge in [-0.1, -0.05) is 30.4 Å². The van der Waals surface area contributed by atoms with Crippen LogP contribution in [0.25, 0.3) is 0 Å². The molecule has 1 aliphatic rings. The van der Waals surface area contributed by atoms with Crippen LogP contribution in [0.5, 0.6) is 5.75 Å². The second-order valence-electron chi connectivity index (χ2n) is 8.26. The third kappa shape index (κ3) is 6.58. The summed E-state index contributed by atoms with van der Waals surface area (Å²) in [4.78, 5) is 16.0. The van der Waals surface area contributed by atoms with Crippen molar-refractivity contribution < 1.29 is 24.1 Å². The van der Waals surface area contributed by atoms with Gasteiger partial charge in [0.1, 0.15) is 5.75 Å². The number of aliphatic carboxylic acids is 1. The normalized spacial score (nSPS) is 21.5. The Labute approximate surface area is 194 Å². The van der Waals surface area contributed by atoms with Crippen LogP contribution in [-0.2, 0) is 14.3 Å². The van der Waals surface area contributed by atoms with Gasteiger partial charge in [0.25, 0.3) is 0 Å². The molecule has 172 valence electrons. The Morgan fingerprint density at radius 1 is 1.28 bits per heavy atom. The Hall–Kier alpha value is -2.35. The van der Waals surface area contributed by atoms with Crippen molar-refractivity contribution in [2.75, 3.05) is 12.9 Å². The maximum Gasteiger partial charge on any atom is 0.303 e. The molecule has 0 bridgehead atoms. The summed E-state index contributed by atoms with van der Waals surface area (Å²) in [6.07, 6.45) is 10.1. The number of para-hydroxylation sites is 1. The van der Waals surface area contributed by atoms with E-state index in [0.29, 0.717) is 13.0 Å². The number of benzene rings is 1. The van der Waals surface area contributed by atoms with Crippen molar-refractivity contribution in [3.63, 3.8) is 0 Å². The maximum atomic E-state index is 10.7. The van der Waals surface area contributed by atoms with Crippen LogP contribution in [0.1, 0.15) is 44.8 Å². The number of pyridine rings is 1. The van der Waals surface area contributed by atoms with Gasteiger partial charge in [0, 0.05) is 29.6 Å². The van der Waals surface area contributed by atoms with Crippen LogP contribution in [-0.4, -0.2) is 40.8 Å². The topological polar surface area (TPSA) is 77.9 Å². The van der Waals surface area contributed by atoms with Crippen LogP contribution in [0.15, 0.2) is 65.8 Å². The van der Waals surface area contributed by atoms with E-state index in [2.05, 4.69) is 4.98 Å². The molecule has 0 saturated carbocycles. The van der Waals surface area contributed by atoms with Crippen molar-refractivity contribution in [2.45, 2.75) is 56.0 Å². The average Bonchev–Trinajstić information content (AvgIpc) is 2.79. The second-order valence-corrected chi connectivity index (χ2v) is 9.11. The van der Waals surface area contributed by atoms with Gasteiger partial charge in [0.2, 0.25) is 0 Å². The Kier molecular flexibility index (Phi) is 8.73. The van der Waals surface area contributed by atoms with E-state index in [9.17, 15) is 4.79 Å². The van der Waals surface area contributed by atoms with Crippen molar-refractivity contribution in [2.24, 2.45) is 5.92 Å². The second kappa shape index (κ2) is 11.5. The molecule has 0 amide bonds. The average molecular weight is 458 g/mol. The highest BCUT2D eigenvalue weighted by Gasteiger charge is 2.42. The Morgan fingerprint density at radius 2 is 2.09 bits per heavy atom. The maximum absolute atomic E-state index is 10.7. The highest BCUT2D eigenvalue weighted by Crippen LogP contribution is 2.39. The monoisotopic (exact) mass is 457 g/mol. The lowest BCUT2D eigenvalue weighted by Gasteiger charge is -2.43.